The van der Waals surface area contributed by atoms with Crippen molar-refractivity contribution in [3.8, 4) is 11.4 Å². The molecular weight excluding hydrogens is 503 g/mol. The molecule has 0 bridgehead atoms. The summed E-state index contributed by atoms with van der Waals surface area (Å²) in [6, 6.07) is 9.57. The van der Waals surface area contributed by atoms with E-state index in [0.29, 0.717) is 35.0 Å². The standard InChI is InChI=1S/C28H29FN6O4/c1-16-4-5-17(24-32-26(39-33-24)19-10-21(19)29)8-22(16)31-25(36)20-11-30-35-7-6-18(9-23(20)35)34-14-27(15-34)12-28(13-27,37-2)38-3/h4-9,11,19,21H,10,12-15H2,1-3H3,(H,31,36)/t19-,21-/m0/s1. The van der Waals surface area contributed by atoms with Crippen LogP contribution in [0.3, 0.4) is 0 Å². The van der Waals surface area contributed by atoms with Gasteiger partial charge in [0.25, 0.3) is 5.91 Å². The van der Waals surface area contributed by atoms with E-state index in [1.54, 1.807) is 31.0 Å². The van der Waals surface area contributed by atoms with E-state index in [-0.39, 0.29) is 17.2 Å². The second-order valence-electron chi connectivity index (χ2n) is 11.1. The fourth-order valence-electron chi connectivity index (χ4n) is 5.98. The van der Waals surface area contributed by atoms with Crippen LogP contribution in [0.1, 0.15) is 47.0 Å². The summed E-state index contributed by atoms with van der Waals surface area (Å²) in [5.74, 6) is -0.349. The topological polar surface area (TPSA) is 107 Å². The number of fused-ring (bicyclic) bond motifs is 1. The molecule has 1 N–H and O–H groups in total. The molecule has 3 aromatic heterocycles. The van der Waals surface area contributed by atoms with E-state index in [4.69, 9.17) is 14.0 Å². The number of rotatable bonds is 7. The van der Waals surface area contributed by atoms with Crippen LogP contribution < -0.4 is 10.2 Å². The van der Waals surface area contributed by atoms with Gasteiger partial charge in [-0.05, 0) is 37.1 Å². The largest absolute Gasteiger partial charge is 0.370 e. The lowest BCUT2D eigenvalue weighted by Crippen LogP contribution is -2.69. The van der Waals surface area contributed by atoms with Crippen molar-refractivity contribution in [2.45, 2.75) is 44.1 Å². The van der Waals surface area contributed by atoms with E-state index < -0.39 is 12.0 Å². The molecule has 7 rings (SSSR count). The highest BCUT2D eigenvalue weighted by molar-refractivity contribution is 6.09. The minimum atomic E-state index is -0.913. The van der Waals surface area contributed by atoms with Crippen LogP contribution in [0.25, 0.3) is 16.9 Å². The molecule has 2 aliphatic carbocycles. The molecule has 3 fully saturated rings. The first kappa shape index (κ1) is 24.2. The smallest absolute Gasteiger partial charge is 0.259 e. The Morgan fingerprint density at radius 3 is 2.67 bits per heavy atom. The fourth-order valence-corrected chi connectivity index (χ4v) is 5.98. The SMILES string of the molecule is COC1(OC)CC2(CN(c3ccn4ncc(C(=O)Nc5cc(-c6noc([C@H]7C[C@@H]7F)n6)ccc5C)c4c3)C2)C1. The summed E-state index contributed by atoms with van der Waals surface area (Å²) >= 11 is 0. The van der Waals surface area contributed by atoms with Gasteiger partial charge in [-0.1, -0.05) is 17.3 Å². The zero-order valence-corrected chi connectivity index (χ0v) is 22.0. The highest BCUT2D eigenvalue weighted by atomic mass is 19.1. The van der Waals surface area contributed by atoms with Crippen molar-refractivity contribution in [3.63, 3.8) is 0 Å². The minimum absolute atomic E-state index is 0.215. The molecule has 39 heavy (non-hydrogen) atoms. The average molecular weight is 533 g/mol. The van der Waals surface area contributed by atoms with E-state index >= 15 is 0 Å². The van der Waals surface area contributed by atoms with Crippen molar-refractivity contribution in [1.82, 2.24) is 19.8 Å². The van der Waals surface area contributed by atoms with E-state index in [9.17, 15) is 9.18 Å². The molecule has 3 aliphatic rings. The molecule has 11 heteroatoms. The Morgan fingerprint density at radius 1 is 1.18 bits per heavy atom. The van der Waals surface area contributed by atoms with Crippen molar-refractivity contribution in [1.29, 1.82) is 0 Å². The molecule has 1 aliphatic heterocycles. The van der Waals surface area contributed by atoms with Gasteiger partial charge in [-0.25, -0.2) is 8.91 Å². The number of benzene rings is 1. The Kier molecular flexibility index (Phi) is 5.33. The summed E-state index contributed by atoms with van der Waals surface area (Å²) in [5.41, 5.74) is 4.65. The third-order valence-electron chi connectivity index (χ3n) is 8.42. The molecular formula is C28H29FN6O4. The molecule has 4 aromatic rings. The number of alkyl halides is 1. The number of amides is 1. The lowest BCUT2D eigenvalue weighted by atomic mass is 9.59. The van der Waals surface area contributed by atoms with Crippen LogP contribution in [-0.2, 0) is 9.47 Å². The summed E-state index contributed by atoms with van der Waals surface area (Å²) in [6.45, 7) is 3.75. The van der Waals surface area contributed by atoms with Gasteiger partial charge in [-0.15, -0.1) is 0 Å². The molecule has 10 nitrogen and oxygen atoms in total. The number of hydrogen-bond acceptors (Lipinski definition) is 8. The van der Waals surface area contributed by atoms with Gasteiger partial charge in [-0.2, -0.15) is 10.1 Å². The zero-order chi connectivity index (χ0) is 26.9. The summed E-state index contributed by atoms with van der Waals surface area (Å²) < 4.78 is 31.5. The molecule has 1 aromatic carbocycles. The van der Waals surface area contributed by atoms with Crippen molar-refractivity contribution in [3.05, 3.63) is 59.7 Å². The number of aryl methyl sites for hydroxylation is 1. The van der Waals surface area contributed by atoms with Gasteiger partial charge in [0.2, 0.25) is 11.7 Å². The van der Waals surface area contributed by atoms with Crippen LogP contribution in [0.15, 0.2) is 47.2 Å². The summed E-state index contributed by atoms with van der Waals surface area (Å²) in [4.78, 5) is 20.0. The lowest BCUT2D eigenvalue weighted by molar-refractivity contribution is -0.301. The second-order valence-corrected chi connectivity index (χ2v) is 11.1. The highest BCUT2D eigenvalue weighted by Crippen LogP contribution is 2.56. The van der Waals surface area contributed by atoms with Crippen molar-refractivity contribution < 1.29 is 23.2 Å². The number of anilines is 2. The third kappa shape index (κ3) is 3.99. The van der Waals surface area contributed by atoms with E-state index in [1.165, 1.54) is 0 Å². The van der Waals surface area contributed by atoms with E-state index in [1.807, 2.05) is 37.4 Å². The first-order valence-corrected chi connectivity index (χ1v) is 13.0. The number of carbonyl (C=O) groups excluding carboxylic acids is 1. The second kappa shape index (κ2) is 8.59. The monoisotopic (exact) mass is 532 g/mol. The molecule has 4 heterocycles. The van der Waals surface area contributed by atoms with E-state index in [2.05, 4.69) is 25.5 Å². The van der Waals surface area contributed by atoms with Gasteiger partial charge in [-0.3, -0.25) is 4.79 Å². The maximum atomic E-state index is 13.4. The Balaban J connectivity index is 1.08. The Bertz CT molecular complexity index is 1580. The van der Waals surface area contributed by atoms with Crippen LogP contribution in [0.4, 0.5) is 15.8 Å². The number of nitrogens with one attached hydrogen (secondary N) is 1. The number of pyridine rings is 1. The van der Waals surface area contributed by atoms with E-state index in [0.717, 1.165) is 42.7 Å². The molecule has 1 saturated heterocycles. The maximum absolute atomic E-state index is 13.4. The number of methoxy groups -OCH3 is 2. The molecule has 2 saturated carbocycles. The van der Waals surface area contributed by atoms with Gasteiger partial charge in [0, 0.05) is 68.7 Å². The maximum Gasteiger partial charge on any atom is 0.259 e. The van der Waals surface area contributed by atoms with Crippen LogP contribution in [0, 0.1) is 12.3 Å². The molecule has 202 valence electrons. The lowest BCUT2D eigenvalue weighted by Gasteiger charge is -2.63. The molecule has 1 spiro atoms. The summed E-state index contributed by atoms with van der Waals surface area (Å²) in [6.07, 6.45) is 4.72. The summed E-state index contributed by atoms with van der Waals surface area (Å²) in [5, 5.41) is 11.4. The Hall–Kier alpha value is -3.83. The van der Waals surface area contributed by atoms with Gasteiger partial charge < -0.3 is 24.2 Å². The predicted molar refractivity (Wildman–Crippen MR) is 140 cm³/mol. The number of hydrogen-bond donors (Lipinski definition) is 1. The minimum Gasteiger partial charge on any atom is -0.370 e. The molecule has 0 unspecified atom stereocenters. The highest BCUT2D eigenvalue weighted by Gasteiger charge is 2.61. The number of aromatic nitrogens is 4. The third-order valence-corrected chi connectivity index (χ3v) is 8.42. The molecule has 1 amide bonds. The first-order valence-electron chi connectivity index (χ1n) is 13.0. The number of halogens is 1. The van der Waals surface area contributed by atoms with Crippen molar-refractivity contribution >= 4 is 22.8 Å². The first-order chi connectivity index (χ1) is 18.8. The number of carbonyl (C=O) groups is 1. The fraction of sp³-hybridized carbons (Fsp3) is 0.429. The van der Waals surface area contributed by atoms with Crippen molar-refractivity contribution in [2.75, 3.05) is 37.5 Å². The van der Waals surface area contributed by atoms with Gasteiger partial charge in [0.15, 0.2) is 5.79 Å². The van der Waals surface area contributed by atoms with Crippen LogP contribution in [-0.4, -0.2) is 64.9 Å². The van der Waals surface area contributed by atoms with Crippen molar-refractivity contribution in [2.24, 2.45) is 5.41 Å². The molecule has 0 radical (unpaired) electrons. The molecule has 2 atom stereocenters. The number of ether oxygens (including phenoxy) is 2. The predicted octanol–water partition coefficient (Wildman–Crippen LogP) is 4.36. The Morgan fingerprint density at radius 2 is 1.95 bits per heavy atom. The van der Waals surface area contributed by atoms with Gasteiger partial charge in [0.05, 0.1) is 23.2 Å². The Labute approximate surface area is 224 Å². The summed E-state index contributed by atoms with van der Waals surface area (Å²) in [7, 11) is 3.39. The van der Waals surface area contributed by atoms with Gasteiger partial charge in [0.1, 0.15) is 6.17 Å². The van der Waals surface area contributed by atoms with Crippen LogP contribution in [0.5, 0.6) is 0 Å². The number of nitrogens with zero attached hydrogens (tertiary/aromatic N) is 5. The quantitative estimate of drug-likeness (QED) is 0.350. The zero-order valence-electron chi connectivity index (χ0n) is 22.0. The normalized spacial score (nSPS) is 22.5. The van der Waals surface area contributed by atoms with Gasteiger partial charge >= 0.3 is 0 Å². The van der Waals surface area contributed by atoms with Crippen LogP contribution >= 0.6 is 0 Å². The average Bonchev–Trinajstić information content (AvgIpc) is 3.27. The van der Waals surface area contributed by atoms with Crippen LogP contribution in [0.2, 0.25) is 0 Å².